The quantitative estimate of drug-likeness (QED) is 0.736. The Morgan fingerprint density at radius 1 is 1.30 bits per heavy atom. The van der Waals surface area contributed by atoms with Crippen molar-refractivity contribution in [3.63, 3.8) is 0 Å². The molecule has 0 aliphatic carbocycles. The number of hydrogen-bond acceptors (Lipinski definition) is 5. The molecule has 2 heterocycles. The Hall–Kier alpha value is -2.65. The largest absolute Gasteiger partial charge is 0.508 e. The molecule has 1 aliphatic rings. The molecule has 1 aromatic heterocycles. The maximum atomic E-state index is 9.39. The minimum Gasteiger partial charge on any atom is -0.508 e. The third-order valence-corrected chi connectivity index (χ3v) is 3.42. The smallest absolute Gasteiger partial charge is 0.120 e. The first-order valence-corrected chi connectivity index (χ1v) is 6.31. The van der Waals surface area contributed by atoms with Crippen molar-refractivity contribution in [2.75, 3.05) is 12.3 Å². The minimum absolute atomic E-state index is 0.159. The molecule has 4 N–H and O–H groups in total. The Kier molecular flexibility index (Phi) is 2.77. The Balaban J connectivity index is 2.37. The molecule has 0 atom stereocenters. The Morgan fingerprint density at radius 3 is 2.50 bits per heavy atom. The number of pyridine rings is 1. The first-order valence-electron chi connectivity index (χ1n) is 5.90. The fraction of sp³-hybridized carbons (Fsp3) is 0.0714. The van der Waals surface area contributed by atoms with Gasteiger partial charge in [0.05, 0.1) is 12.3 Å². The van der Waals surface area contributed by atoms with Gasteiger partial charge in [-0.25, -0.2) is 0 Å². The number of hydrogen-bond donors (Lipinski definition) is 3. The van der Waals surface area contributed by atoms with Crippen molar-refractivity contribution >= 4 is 23.7 Å². The predicted molar refractivity (Wildman–Crippen MR) is 79.3 cm³/mol. The minimum atomic E-state index is 0.159. The van der Waals surface area contributed by atoms with Gasteiger partial charge in [-0.1, -0.05) is 24.4 Å². The summed E-state index contributed by atoms with van der Waals surface area (Å²) in [6.07, 6.45) is 0. The summed E-state index contributed by atoms with van der Waals surface area (Å²) in [5.74, 6) is 0.400. The summed E-state index contributed by atoms with van der Waals surface area (Å²) in [6.45, 7) is 0.622. The van der Waals surface area contributed by atoms with Crippen LogP contribution in [0.25, 0.3) is 11.1 Å². The summed E-state index contributed by atoms with van der Waals surface area (Å²) in [5.41, 5.74) is 9.26. The molecule has 3 rings (SSSR count). The lowest BCUT2D eigenvalue weighted by atomic mass is 9.95. The van der Waals surface area contributed by atoms with E-state index in [2.05, 4.69) is 16.0 Å². The number of nitrogens with zero attached hydrogens (tertiary/aromatic N) is 2. The van der Waals surface area contributed by atoms with Crippen LogP contribution >= 0.6 is 12.2 Å². The van der Waals surface area contributed by atoms with Crippen LogP contribution in [0, 0.1) is 16.0 Å². The number of nitrogens with two attached hydrogens (primary N) is 1. The second-order valence-corrected chi connectivity index (χ2v) is 4.82. The van der Waals surface area contributed by atoms with E-state index in [0.29, 0.717) is 22.3 Å². The molecule has 98 valence electrons. The molecule has 0 amide bonds. The van der Waals surface area contributed by atoms with Gasteiger partial charge >= 0.3 is 0 Å². The molecule has 0 saturated carbocycles. The second-order valence-electron chi connectivity index (χ2n) is 4.41. The monoisotopic (exact) mass is 282 g/mol. The number of phenols is 1. The molecule has 0 fully saturated rings. The molecule has 0 radical (unpaired) electrons. The molecule has 20 heavy (non-hydrogen) atoms. The number of H-pyrrole nitrogens is 1. The average molecular weight is 282 g/mol. The number of aliphatic imine (C=N–C) groups is 1. The Labute approximate surface area is 120 Å². The van der Waals surface area contributed by atoms with Gasteiger partial charge in [-0.05, 0) is 17.7 Å². The lowest BCUT2D eigenvalue weighted by Crippen LogP contribution is -2.05. The van der Waals surface area contributed by atoms with E-state index < -0.39 is 0 Å². The van der Waals surface area contributed by atoms with Crippen molar-refractivity contribution in [3.8, 4) is 22.9 Å². The molecule has 1 aliphatic heterocycles. The zero-order chi connectivity index (χ0) is 14.3. The number of anilines is 1. The van der Waals surface area contributed by atoms with Crippen LogP contribution in [0.3, 0.4) is 0 Å². The van der Waals surface area contributed by atoms with E-state index in [9.17, 15) is 10.4 Å². The Bertz CT molecular complexity index is 828. The summed E-state index contributed by atoms with van der Waals surface area (Å²) < 4.78 is 0.473. The molecule has 0 bridgehead atoms. The maximum absolute atomic E-state index is 9.39. The highest BCUT2D eigenvalue weighted by Gasteiger charge is 2.24. The van der Waals surface area contributed by atoms with Crippen molar-refractivity contribution in [2.24, 2.45) is 4.99 Å². The van der Waals surface area contributed by atoms with Gasteiger partial charge in [0.25, 0.3) is 0 Å². The summed E-state index contributed by atoms with van der Waals surface area (Å²) >= 11 is 5.30. The SMILES string of the molecule is N#Cc1c(N)[nH]c(=S)c(C2=NC2)c1-c1ccc(O)cc1. The Morgan fingerprint density at radius 2 is 1.95 bits per heavy atom. The van der Waals surface area contributed by atoms with Gasteiger partial charge in [0.2, 0.25) is 0 Å². The average Bonchev–Trinajstić information content (AvgIpc) is 3.23. The van der Waals surface area contributed by atoms with Gasteiger partial charge in [0, 0.05) is 11.1 Å². The topological polar surface area (TPSA) is 98.2 Å². The predicted octanol–water partition coefficient (Wildman–Crippen LogP) is 2.37. The second kappa shape index (κ2) is 4.47. The van der Waals surface area contributed by atoms with Gasteiger partial charge in [-0.3, -0.25) is 4.99 Å². The maximum Gasteiger partial charge on any atom is 0.120 e. The van der Waals surface area contributed by atoms with Crippen molar-refractivity contribution in [2.45, 2.75) is 0 Å². The molecule has 0 unspecified atom stereocenters. The van der Waals surface area contributed by atoms with Crippen LogP contribution in [0.5, 0.6) is 5.75 Å². The number of aromatic hydroxyl groups is 1. The number of aromatic nitrogens is 1. The zero-order valence-electron chi connectivity index (χ0n) is 10.3. The number of phenolic OH excluding ortho intramolecular Hbond substituents is 1. The first kappa shape index (κ1) is 12.4. The van der Waals surface area contributed by atoms with Crippen molar-refractivity contribution in [1.82, 2.24) is 4.98 Å². The van der Waals surface area contributed by atoms with Crippen LogP contribution in [0.4, 0.5) is 5.82 Å². The van der Waals surface area contributed by atoms with E-state index in [1.54, 1.807) is 24.3 Å². The van der Waals surface area contributed by atoms with Crippen LogP contribution in [-0.4, -0.2) is 22.3 Å². The molecule has 2 aromatic rings. The number of nitriles is 1. The van der Waals surface area contributed by atoms with Crippen LogP contribution in [0.2, 0.25) is 0 Å². The molecular weight excluding hydrogens is 272 g/mol. The van der Waals surface area contributed by atoms with Crippen molar-refractivity contribution < 1.29 is 5.11 Å². The number of rotatable bonds is 2. The van der Waals surface area contributed by atoms with E-state index in [1.165, 1.54) is 0 Å². The lowest BCUT2D eigenvalue weighted by Gasteiger charge is -2.11. The first-order chi connectivity index (χ1) is 9.61. The summed E-state index contributed by atoms with van der Waals surface area (Å²) in [4.78, 5) is 7.01. The summed E-state index contributed by atoms with van der Waals surface area (Å²) in [6, 6.07) is 8.68. The molecule has 6 heteroatoms. The highest BCUT2D eigenvalue weighted by atomic mass is 32.1. The van der Waals surface area contributed by atoms with Crippen LogP contribution in [0.1, 0.15) is 11.1 Å². The lowest BCUT2D eigenvalue weighted by molar-refractivity contribution is 0.475. The summed E-state index contributed by atoms with van der Waals surface area (Å²) in [7, 11) is 0. The van der Waals surface area contributed by atoms with Crippen LogP contribution in [-0.2, 0) is 0 Å². The van der Waals surface area contributed by atoms with Gasteiger partial charge in [0.1, 0.15) is 27.8 Å². The van der Waals surface area contributed by atoms with E-state index in [4.69, 9.17) is 18.0 Å². The standard InChI is InChI=1S/C14H10N4OS/c15-5-9-11(7-1-3-8(19)4-2-7)12(10-6-17-10)14(20)18-13(9)16/h1-4,19H,6H2,(H3,16,18,20). The molecule has 5 nitrogen and oxygen atoms in total. The van der Waals surface area contributed by atoms with E-state index in [0.717, 1.165) is 16.8 Å². The summed E-state index contributed by atoms with van der Waals surface area (Å²) in [5, 5.41) is 18.7. The van der Waals surface area contributed by atoms with Gasteiger partial charge in [0.15, 0.2) is 0 Å². The van der Waals surface area contributed by atoms with E-state index >= 15 is 0 Å². The van der Waals surface area contributed by atoms with Gasteiger partial charge in [-0.15, -0.1) is 0 Å². The van der Waals surface area contributed by atoms with Crippen molar-refractivity contribution in [1.29, 1.82) is 5.26 Å². The number of nitrogen functional groups attached to an aromatic ring is 1. The third kappa shape index (κ3) is 1.94. The zero-order valence-corrected chi connectivity index (χ0v) is 11.2. The molecule has 1 aromatic carbocycles. The normalized spacial score (nSPS) is 12.7. The molecule has 0 spiro atoms. The fourth-order valence-electron chi connectivity index (χ4n) is 2.13. The van der Waals surface area contributed by atoms with E-state index in [1.807, 2.05) is 0 Å². The van der Waals surface area contributed by atoms with Crippen LogP contribution in [0.15, 0.2) is 29.3 Å². The molecular formula is C14H10N4OS. The highest BCUT2D eigenvalue weighted by Crippen LogP contribution is 2.33. The van der Waals surface area contributed by atoms with Crippen molar-refractivity contribution in [3.05, 3.63) is 40.0 Å². The van der Waals surface area contributed by atoms with E-state index in [-0.39, 0.29) is 11.6 Å². The number of benzene rings is 1. The molecule has 0 saturated heterocycles. The van der Waals surface area contributed by atoms with Gasteiger partial charge < -0.3 is 15.8 Å². The number of nitrogens with one attached hydrogen (secondary N) is 1. The van der Waals surface area contributed by atoms with Gasteiger partial charge in [-0.2, -0.15) is 5.26 Å². The van der Waals surface area contributed by atoms with Crippen LogP contribution < -0.4 is 5.73 Å². The third-order valence-electron chi connectivity index (χ3n) is 3.12. The fourth-order valence-corrected chi connectivity index (χ4v) is 2.46. The highest BCUT2D eigenvalue weighted by molar-refractivity contribution is 7.71. The number of aromatic amines is 1.